The molecule has 0 bridgehead atoms. The molecular weight excluding hydrogens is 379 g/mol. The van der Waals surface area contributed by atoms with Crippen LogP contribution in [0.2, 0.25) is 0 Å². The van der Waals surface area contributed by atoms with Crippen LogP contribution < -0.4 is 15.3 Å². The standard InChI is InChI=1S/4C6H6O.Al/c4*7-6-4-2-1-3-5-6;/h4*1-5,7H;/q;;;;+3/p-3. The van der Waals surface area contributed by atoms with Crippen LogP contribution >= 0.6 is 0 Å². The Labute approximate surface area is 182 Å². The van der Waals surface area contributed by atoms with Gasteiger partial charge in [-0.25, -0.2) is 0 Å². The first kappa shape index (κ1) is 25.6. The van der Waals surface area contributed by atoms with Gasteiger partial charge in [-0.3, -0.25) is 0 Å². The van der Waals surface area contributed by atoms with Crippen LogP contribution in [0.3, 0.4) is 0 Å². The predicted molar refractivity (Wildman–Crippen MR) is 112 cm³/mol. The summed E-state index contributed by atoms with van der Waals surface area (Å²) in [7, 11) is 0. The summed E-state index contributed by atoms with van der Waals surface area (Å²) in [4.78, 5) is 0. The molecule has 29 heavy (non-hydrogen) atoms. The van der Waals surface area contributed by atoms with Crippen LogP contribution in [0, 0.1) is 0 Å². The second kappa shape index (κ2) is 16.8. The second-order valence-electron chi connectivity index (χ2n) is 5.27. The van der Waals surface area contributed by atoms with E-state index in [0.29, 0.717) is 5.75 Å². The van der Waals surface area contributed by atoms with Gasteiger partial charge in [0.15, 0.2) is 0 Å². The van der Waals surface area contributed by atoms with Crippen LogP contribution in [0.5, 0.6) is 23.0 Å². The number of aromatic hydroxyl groups is 1. The van der Waals surface area contributed by atoms with Crippen LogP contribution in [0.4, 0.5) is 0 Å². The van der Waals surface area contributed by atoms with E-state index in [1.165, 1.54) is 36.4 Å². The number of rotatable bonds is 0. The molecule has 0 atom stereocenters. The molecule has 4 aromatic rings. The number of hydrogen-bond donors (Lipinski definition) is 1. The molecule has 0 aliphatic rings. The number of phenolic OH excluding ortho intramolecular Hbond substituents is 1. The predicted octanol–water partition coefficient (Wildman–Crippen LogP) is 3.29. The summed E-state index contributed by atoms with van der Waals surface area (Å²) in [6.45, 7) is 0. The molecule has 0 aromatic heterocycles. The Hall–Kier alpha value is -3.39. The van der Waals surface area contributed by atoms with Gasteiger partial charge in [-0.1, -0.05) is 109 Å². The van der Waals surface area contributed by atoms with Crippen LogP contribution in [0.1, 0.15) is 0 Å². The number of benzene rings is 4. The molecule has 4 aromatic carbocycles. The zero-order valence-electron chi connectivity index (χ0n) is 15.8. The van der Waals surface area contributed by atoms with Gasteiger partial charge in [0.1, 0.15) is 5.75 Å². The molecule has 4 rings (SSSR count). The van der Waals surface area contributed by atoms with Crippen molar-refractivity contribution in [1.82, 2.24) is 0 Å². The van der Waals surface area contributed by atoms with Crippen molar-refractivity contribution in [2.75, 3.05) is 0 Å². The normalized spacial score (nSPS) is 8.28. The summed E-state index contributed by atoms with van der Waals surface area (Å²) in [5, 5.41) is 39.4. The molecule has 144 valence electrons. The maximum Gasteiger partial charge on any atom is 3.00 e. The summed E-state index contributed by atoms with van der Waals surface area (Å²) in [6, 6.07) is 33.7. The minimum atomic E-state index is 0. The average Bonchev–Trinajstić information content (AvgIpc) is 2.72. The van der Waals surface area contributed by atoms with Crippen LogP contribution in [-0.2, 0) is 0 Å². The van der Waals surface area contributed by atoms with Gasteiger partial charge < -0.3 is 20.4 Å². The average molecular weight is 400 g/mol. The Bertz CT molecular complexity index is 693. The maximum absolute atomic E-state index is 10.3. The molecule has 0 radical (unpaired) electrons. The van der Waals surface area contributed by atoms with E-state index >= 15 is 0 Å². The van der Waals surface area contributed by atoms with Gasteiger partial charge in [0, 0.05) is 0 Å². The summed E-state index contributed by atoms with van der Waals surface area (Å²) >= 11 is 0. The molecule has 1 N–H and O–H groups in total. The molecule has 0 amide bonds. The first-order chi connectivity index (χ1) is 13.6. The van der Waals surface area contributed by atoms with E-state index in [1.807, 2.05) is 24.3 Å². The molecule has 0 unspecified atom stereocenters. The van der Waals surface area contributed by atoms with Gasteiger partial charge in [-0.05, 0) is 12.1 Å². The van der Waals surface area contributed by atoms with E-state index in [2.05, 4.69) is 0 Å². The number of phenols is 1. The SMILES string of the molecule is Oc1ccccc1.[Al+3].[O-]c1ccccc1.[O-]c1ccccc1.[O-]c1ccccc1. The largest absolute Gasteiger partial charge is 3.00 e. The molecule has 0 fully saturated rings. The van der Waals surface area contributed by atoms with Gasteiger partial charge in [0.25, 0.3) is 0 Å². The molecule has 5 heteroatoms. The molecule has 0 aliphatic carbocycles. The van der Waals surface area contributed by atoms with E-state index in [-0.39, 0.29) is 34.6 Å². The van der Waals surface area contributed by atoms with Crippen molar-refractivity contribution in [3.8, 4) is 23.0 Å². The van der Waals surface area contributed by atoms with Crippen LogP contribution in [0.25, 0.3) is 0 Å². The smallest absolute Gasteiger partial charge is 0.872 e. The molecule has 0 aliphatic heterocycles. The van der Waals surface area contributed by atoms with Gasteiger partial charge in [0.2, 0.25) is 0 Å². The zero-order valence-corrected chi connectivity index (χ0v) is 17.0. The van der Waals surface area contributed by atoms with Crippen molar-refractivity contribution < 1.29 is 20.4 Å². The second-order valence-corrected chi connectivity index (χ2v) is 5.27. The van der Waals surface area contributed by atoms with Crippen LogP contribution in [-0.4, -0.2) is 22.5 Å². The van der Waals surface area contributed by atoms with Crippen LogP contribution in [0.15, 0.2) is 121 Å². The fraction of sp³-hybridized carbons (Fsp3) is 0. The van der Waals surface area contributed by atoms with E-state index in [9.17, 15) is 15.3 Å². The van der Waals surface area contributed by atoms with Crippen molar-refractivity contribution in [2.24, 2.45) is 0 Å². The molecular formula is C24H21AlO4. The Morgan fingerprint density at radius 2 is 0.586 bits per heavy atom. The van der Waals surface area contributed by atoms with Gasteiger partial charge >= 0.3 is 17.4 Å². The molecule has 0 saturated carbocycles. The molecule has 0 heterocycles. The molecule has 0 spiro atoms. The van der Waals surface area contributed by atoms with Gasteiger partial charge in [0.05, 0.1) is 0 Å². The van der Waals surface area contributed by atoms with Crippen molar-refractivity contribution in [2.45, 2.75) is 0 Å². The van der Waals surface area contributed by atoms with E-state index in [0.717, 1.165) is 0 Å². The summed E-state index contributed by atoms with van der Waals surface area (Å²) in [5.41, 5.74) is 0. The molecule has 4 nitrogen and oxygen atoms in total. The summed E-state index contributed by atoms with van der Waals surface area (Å²) < 4.78 is 0. The van der Waals surface area contributed by atoms with E-state index in [4.69, 9.17) is 5.11 Å². The summed E-state index contributed by atoms with van der Waals surface area (Å²) in [6.07, 6.45) is 0. The number of para-hydroxylation sites is 4. The minimum Gasteiger partial charge on any atom is -0.872 e. The van der Waals surface area contributed by atoms with Gasteiger partial charge in [-0.2, -0.15) is 0 Å². The third-order valence-electron chi connectivity index (χ3n) is 2.99. The fourth-order valence-corrected chi connectivity index (χ4v) is 1.69. The van der Waals surface area contributed by atoms with E-state index < -0.39 is 0 Å². The van der Waals surface area contributed by atoms with E-state index in [1.54, 1.807) is 60.7 Å². The first-order valence-electron chi connectivity index (χ1n) is 8.48. The third kappa shape index (κ3) is 15.4. The monoisotopic (exact) mass is 400 g/mol. The van der Waals surface area contributed by atoms with Crippen molar-refractivity contribution >= 4 is 17.4 Å². The van der Waals surface area contributed by atoms with Gasteiger partial charge in [-0.15, -0.1) is 17.2 Å². The quantitative estimate of drug-likeness (QED) is 0.459. The first-order valence-corrected chi connectivity index (χ1v) is 8.48. The molecule has 0 saturated heterocycles. The topological polar surface area (TPSA) is 89.4 Å². The minimum absolute atomic E-state index is 0. The Kier molecular flexibility index (Phi) is 14.8. The summed E-state index contributed by atoms with van der Waals surface area (Å²) in [5.74, 6) is 0.537. The van der Waals surface area contributed by atoms with Crippen molar-refractivity contribution in [3.05, 3.63) is 121 Å². The third-order valence-corrected chi connectivity index (χ3v) is 2.99. The van der Waals surface area contributed by atoms with Crippen molar-refractivity contribution in [1.29, 1.82) is 0 Å². The Morgan fingerprint density at radius 1 is 0.379 bits per heavy atom. The van der Waals surface area contributed by atoms with Crippen molar-refractivity contribution in [3.63, 3.8) is 0 Å². The fourth-order valence-electron chi connectivity index (χ4n) is 1.69. The maximum atomic E-state index is 10.3. The Morgan fingerprint density at radius 3 is 0.690 bits per heavy atom. The zero-order chi connectivity index (χ0) is 20.5. The Balaban J connectivity index is 0.000000356. The number of hydrogen-bond acceptors (Lipinski definition) is 4.